The Morgan fingerprint density at radius 2 is 0.358 bits per heavy atom. The summed E-state index contributed by atoms with van der Waals surface area (Å²) in [5, 5.41) is 20.7. The second kappa shape index (κ2) is 35.3. The summed E-state index contributed by atoms with van der Waals surface area (Å²) in [5.74, 6) is 10.4. The quantitative estimate of drug-likeness (QED) is 0.0438. The van der Waals surface area contributed by atoms with E-state index in [0.717, 1.165) is 114 Å². The molecule has 8 bridgehead atoms. The van der Waals surface area contributed by atoms with Gasteiger partial charge in [0.15, 0.2) is 0 Å². The van der Waals surface area contributed by atoms with Crippen LogP contribution in [0.2, 0.25) is 0 Å². The van der Waals surface area contributed by atoms with E-state index in [0.29, 0.717) is 52.1 Å². The molecule has 1 aliphatic carbocycles. The van der Waals surface area contributed by atoms with Gasteiger partial charge in [-0.05, 0) is 221 Å². The summed E-state index contributed by atoms with van der Waals surface area (Å²) in [6, 6.07) is 101. The minimum atomic E-state index is -0.221. The number of hydrogen-bond donors (Lipinski definition) is 0. The first-order valence-electron chi connectivity index (χ1n) is 43.1. The van der Waals surface area contributed by atoms with Crippen LogP contribution in [0.25, 0.3) is 86.2 Å². The molecule has 0 radical (unpaired) electrons. The van der Waals surface area contributed by atoms with Gasteiger partial charge in [0.2, 0.25) is 0 Å². The van der Waals surface area contributed by atoms with Crippen molar-refractivity contribution in [3.63, 3.8) is 0 Å². The van der Waals surface area contributed by atoms with Gasteiger partial charge < -0.3 is 18.9 Å². The van der Waals surface area contributed by atoms with E-state index in [4.69, 9.17) is 18.9 Å². The number of rotatable bonds is 24. The fourth-order valence-electron chi connectivity index (χ4n) is 17.9. The molecule has 8 heteroatoms. The summed E-state index contributed by atoms with van der Waals surface area (Å²) >= 11 is 7.85. The van der Waals surface area contributed by atoms with Crippen molar-refractivity contribution in [1.82, 2.24) is 0 Å². The van der Waals surface area contributed by atoms with E-state index >= 15 is 0 Å². The van der Waals surface area contributed by atoms with Gasteiger partial charge in [-0.1, -0.05) is 326 Å². The molecule has 0 atom stereocenters. The van der Waals surface area contributed by atoms with Crippen LogP contribution >= 0.6 is 47.0 Å². The Kier molecular flexibility index (Phi) is 24.3. The Labute approximate surface area is 728 Å². The van der Waals surface area contributed by atoms with Crippen molar-refractivity contribution in [3.8, 4) is 23.0 Å². The van der Waals surface area contributed by atoms with Gasteiger partial charge in [0.1, 0.15) is 23.0 Å². The Bertz CT molecular complexity index is 5410. The Morgan fingerprint density at radius 1 is 0.208 bits per heavy atom. The van der Waals surface area contributed by atoms with Gasteiger partial charge in [-0.25, -0.2) is 0 Å². The van der Waals surface area contributed by atoms with Crippen LogP contribution in [-0.2, 0) is 70.4 Å². The summed E-state index contributed by atoms with van der Waals surface area (Å²) in [7, 11) is 0. The molecule has 0 spiro atoms. The highest BCUT2D eigenvalue weighted by atomic mass is 32.2. The predicted octanol–water partition coefficient (Wildman–Crippen LogP) is 30.0. The zero-order valence-corrected chi connectivity index (χ0v) is 75.2. The SMILES string of the molecule is CC(C)(C)c1cc2c(OCCSCc3c4ccccc4cc4ccccc34)c(c1)Cc1cc(C(C)(C)C)cc(c1OCCSCc1c3ccccc3cc3ccccc13)Cc1cc(C(C)(C)C)cc(c1OCCSCc1c3ccccc3cc3ccccc13)Cc1cc(C(C)(C)C)cc(c1OCCSCc1c3ccccc3cc3ccccc13)C2. The van der Waals surface area contributed by atoms with Crippen molar-refractivity contribution < 1.29 is 18.9 Å². The summed E-state index contributed by atoms with van der Waals surface area (Å²) in [4.78, 5) is 0. The lowest BCUT2D eigenvalue weighted by atomic mass is 9.79. The molecule has 16 aromatic carbocycles. The van der Waals surface area contributed by atoms with Crippen LogP contribution in [0.3, 0.4) is 0 Å². The standard InChI is InChI=1S/C112H112O4S4/c1-109(2,3)89-61-81-57-83-63-90(110(4,5)6)65-85(106(83)114-46-50-118-70-102-95-39-23-15-31-75(95)54-76-32-16-24-40-96(76)102)59-87-67-92(112(10,11)12)68-88(108(87)116-48-52-120-72-104-99-43-27-19-35-79(99)56-80-36-20-28-44-100(80)104)60-86-66-91(111(7,8)9)64-84(107(86)115-47-51-119-71-103-97-41-25-17-33-77(97)55-78-34-18-26-42-98(78)103)58-82(62-89)105(81)113-45-49-117-69-101-93-37-21-13-29-73(93)53-74-30-14-22-38-94(74)101/h13-44,53-56,61-68H,45-52,57-60,69-72H2,1-12H3. The van der Waals surface area contributed by atoms with E-state index in [9.17, 15) is 0 Å². The Morgan fingerprint density at radius 3 is 0.508 bits per heavy atom. The molecule has 0 N–H and O–H groups in total. The Balaban J connectivity index is 0.809. The fourth-order valence-corrected chi connectivity index (χ4v) is 21.4. The molecule has 0 aliphatic heterocycles. The van der Waals surface area contributed by atoms with Gasteiger partial charge in [-0.15, -0.1) is 0 Å². The molecule has 0 amide bonds. The fraction of sp³-hybridized carbons (Fsp3) is 0.286. The van der Waals surface area contributed by atoms with E-state index in [1.807, 2.05) is 47.0 Å². The molecule has 0 heterocycles. The molecule has 4 nitrogen and oxygen atoms in total. The molecule has 120 heavy (non-hydrogen) atoms. The van der Waals surface area contributed by atoms with E-state index in [-0.39, 0.29) is 21.7 Å². The molecule has 16 aromatic rings. The molecule has 0 aromatic heterocycles. The first-order chi connectivity index (χ1) is 58.0. The maximum atomic E-state index is 7.73. The van der Waals surface area contributed by atoms with Crippen LogP contribution in [0.4, 0.5) is 0 Å². The molecular formula is C112H112O4S4. The summed E-state index contributed by atoms with van der Waals surface area (Å²) < 4.78 is 30.9. The lowest BCUT2D eigenvalue weighted by Crippen LogP contribution is -2.18. The molecular weight excluding hydrogens is 1540 g/mol. The number of thioether (sulfide) groups is 4. The van der Waals surface area contributed by atoms with Crippen LogP contribution in [0, 0.1) is 0 Å². The topological polar surface area (TPSA) is 36.9 Å². The lowest BCUT2D eigenvalue weighted by molar-refractivity contribution is 0.329. The third-order valence-corrected chi connectivity index (χ3v) is 28.2. The molecule has 17 rings (SSSR count). The third-order valence-electron chi connectivity index (χ3n) is 24.4. The highest BCUT2D eigenvalue weighted by Crippen LogP contribution is 2.47. The van der Waals surface area contributed by atoms with Crippen molar-refractivity contribution in [1.29, 1.82) is 0 Å². The highest BCUT2D eigenvalue weighted by Gasteiger charge is 2.31. The second-order valence-corrected chi connectivity index (χ2v) is 41.4. The van der Waals surface area contributed by atoms with Gasteiger partial charge in [-0.3, -0.25) is 0 Å². The average Bonchev–Trinajstić information content (AvgIpc) is 0.739. The van der Waals surface area contributed by atoms with Crippen molar-refractivity contribution in [2.24, 2.45) is 0 Å². The van der Waals surface area contributed by atoms with Gasteiger partial charge in [0.05, 0.1) is 26.4 Å². The molecule has 608 valence electrons. The van der Waals surface area contributed by atoms with E-state index in [1.165, 1.54) is 131 Å². The Hall–Kier alpha value is -9.80. The zero-order valence-electron chi connectivity index (χ0n) is 72.0. The molecule has 0 saturated carbocycles. The minimum absolute atomic E-state index is 0.221. The third kappa shape index (κ3) is 18.1. The highest BCUT2D eigenvalue weighted by molar-refractivity contribution is 7.99. The van der Waals surface area contributed by atoms with Crippen LogP contribution in [0.5, 0.6) is 23.0 Å². The lowest BCUT2D eigenvalue weighted by Gasteiger charge is -2.29. The summed E-state index contributed by atoms with van der Waals surface area (Å²) in [6.45, 7) is 30.6. The van der Waals surface area contributed by atoms with Crippen LogP contribution in [0.15, 0.2) is 267 Å². The van der Waals surface area contributed by atoms with Crippen LogP contribution < -0.4 is 18.9 Å². The summed E-state index contributed by atoms with van der Waals surface area (Å²) in [5.41, 5.74) is 19.0. The zero-order chi connectivity index (χ0) is 82.9. The first-order valence-corrected chi connectivity index (χ1v) is 47.7. The van der Waals surface area contributed by atoms with Crippen LogP contribution in [0.1, 0.15) is 172 Å². The predicted molar refractivity (Wildman–Crippen MR) is 524 cm³/mol. The molecule has 0 fully saturated rings. The van der Waals surface area contributed by atoms with Gasteiger partial charge >= 0.3 is 0 Å². The van der Waals surface area contributed by atoms with E-state index in [2.05, 4.69) is 350 Å². The number of fused-ring (bicyclic) bond motifs is 16. The second-order valence-electron chi connectivity index (χ2n) is 37.0. The van der Waals surface area contributed by atoms with Crippen LogP contribution in [-0.4, -0.2) is 49.4 Å². The monoisotopic (exact) mass is 1650 g/mol. The average molecular weight is 1650 g/mol. The molecule has 1 aliphatic rings. The van der Waals surface area contributed by atoms with Crippen molar-refractivity contribution in [2.75, 3.05) is 49.4 Å². The summed E-state index contributed by atoms with van der Waals surface area (Å²) in [6.07, 6.45) is 2.34. The molecule has 0 saturated heterocycles. The van der Waals surface area contributed by atoms with E-state index < -0.39 is 0 Å². The van der Waals surface area contributed by atoms with Crippen molar-refractivity contribution in [3.05, 3.63) is 356 Å². The number of hydrogen-bond acceptors (Lipinski definition) is 8. The first kappa shape index (κ1) is 82.5. The molecule has 0 unspecified atom stereocenters. The number of ether oxygens (including phenoxy) is 4. The maximum Gasteiger partial charge on any atom is 0.126 e. The van der Waals surface area contributed by atoms with Gasteiger partial charge in [-0.2, -0.15) is 47.0 Å². The van der Waals surface area contributed by atoms with Gasteiger partial charge in [0, 0.05) is 71.7 Å². The van der Waals surface area contributed by atoms with Gasteiger partial charge in [0.25, 0.3) is 0 Å². The smallest absolute Gasteiger partial charge is 0.126 e. The maximum absolute atomic E-state index is 7.73. The normalized spacial score (nSPS) is 12.9. The van der Waals surface area contributed by atoms with Crippen molar-refractivity contribution in [2.45, 2.75) is 153 Å². The minimum Gasteiger partial charge on any atom is -0.492 e. The van der Waals surface area contributed by atoms with E-state index in [1.54, 1.807) is 0 Å². The van der Waals surface area contributed by atoms with Crippen molar-refractivity contribution >= 4 is 133 Å². The number of benzene rings is 16. The largest absolute Gasteiger partial charge is 0.492 e.